The fourth-order valence-corrected chi connectivity index (χ4v) is 3.23. The highest BCUT2D eigenvalue weighted by molar-refractivity contribution is 6.05. The van der Waals surface area contributed by atoms with Crippen molar-refractivity contribution in [2.75, 3.05) is 32.7 Å². The molecule has 1 aromatic carbocycles. The van der Waals surface area contributed by atoms with Crippen LogP contribution in [-0.4, -0.2) is 53.4 Å². The van der Waals surface area contributed by atoms with Crippen molar-refractivity contribution < 1.29 is 4.79 Å². The summed E-state index contributed by atoms with van der Waals surface area (Å²) in [6.45, 7) is 4.96. The van der Waals surface area contributed by atoms with Gasteiger partial charge in [0.15, 0.2) is 0 Å². The summed E-state index contributed by atoms with van der Waals surface area (Å²) in [4.78, 5) is 20.4. The van der Waals surface area contributed by atoms with E-state index in [1.807, 2.05) is 35.4 Å². The van der Waals surface area contributed by atoms with Crippen LogP contribution in [0.2, 0.25) is 0 Å². The molecule has 110 valence electrons. The molecule has 2 fully saturated rings. The van der Waals surface area contributed by atoms with Crippen molar-refractivity contribution in [2.24, 2.45) is 5.92 Å². The van der Waals surface area contributed by atoms with Crippen molar-refractivity contribution in [3.8, 4) is 0 Å². The number of piperazine rings is 1. The Morgan fingerprint density at radius 2 is 1.95 bits per heavy atom. The molecule has 4 heteroatoms. The predicted molar refractivity (Wildman–Crippen MR) is 83.4 cm³/mol. The molecule has 0 atom stereocenters. The number of nitrogens with one attached hydrogen (secondary N) is 1. The number of carbonyl (C=O) groups is 1. The number of H-pyrrole nitrogens is 1. The van der Waals surface area contributed by atoms with Crippen LogP contribution in [0.5, 0.6) is 0 Å². The summed E-state index contributed by atoms with van der Waals surface area (Å²) in [5.74, 6) is 1.09. The van der Waals surface area contributed by atoms with E-state index in [9.17, 15) is 4.79 Å². The Kier molecular flexibility index (Phi) is 3.19. The van der Waals surface area contributed by atoms with Crippen LogP contribution in [-0.2, 0) is 0 Å². The molecule has 1 aromatic heterocycles. The first kappa shape index (κ1) is 12.9. The van der Waals surface area contributed by atoms with Crippen LogP contribution >= 0.6 is 0 Å². The number of aromatic nitrogens is 1. The van der Waals surface area contributed by atoms with Crippen LogP contribution in [0.1, 0.15) is 23.2 Å². The maximum atomic E-state index is 12.7. The van der Waals surface area contributed by atoms with Crippen molar-refractivity contribution in [2.45, 2.75) is 12.8 Å². The Morgan fingerprint density at radius 1 is 1.14 bits per heavy atom. The van der Waals surface area contributed by atoms with Gasteiger partial charge in [-0.3, -0.25) is 9.69 Å². The molecule has 2 heterocycles. The molecule has 0 spiro atoms. The van der Waals surface area contributed by atoms with E-state index in [2.05, 4.69) is 9.88 Å². The van der Waals surface area contributed by atoms with E-state index in [-0.39, 0.29) is 5.91 Å². The largest absolute Gasteiger partial charge is 0.361 e. The Morgan fingerprint density at radius 3 is 2.71 bits per heavy atom. The van der Waals surface area contributed by atoms with Crippen molar-refractivity contribution in [3.05, 3.63) is 36.0 Å². The molecule has 1 N–H and O–H groups in total. The highest BCUT2D eigenvalue weighted by atomic mass is 16.2. The molecule has 4 nitrogen and oxygen atoms in total. The fraction of sp³-hybridized carbons (Fsp3) is 0.471. The van der Waals surface area contributed by atoms with Crippen molar-refractivity contribution in [1.82, 2.24) is 14.8 Å². The molecule has 0 radical (unpaired) electrons. The topological polar surface area (TPSA) is 39.3 Å². The van der Waals surface area contributed by atoms with Gasteiger partial charge in [0.2, 0.25) is 0 Å². The molecule has 1 aliphatic heterocycles. The van der Waals surface area contributed by atoms with Gasteiger partial charge in [-0.2, -0.15) is 0 Å². The Balaban J connectivity index is 1.46. The maximum Gasteiger partial charge on any atom is 0.256 e. The van der Waals surface area contributed by atoms with Gasteiger partial charge in [-0.15, -0.1) is 0 Å². The third-order valence-electron chi connectivity index (χ3n) is 4.69. The Bertz CT molecular complexity index is 651. The summed E-state index contributed by atoms with van der Waals surface area (Å²) in [6, 6.07) is 7.94. The van der Waals surface area contributed by atoms with Gasteiger partial charge in [0.05, 0.1) is 11.1 Å². The molecule has 0 bridgehead atoms. The number of hydrogen-bond donors (Lipinski definition) is 1. The van der Waals surface area contributed by atoms with Gasteiger partial charge in [0.25, 0.3) is 5.91 Å². The molecule has 1 saturated heterocycles. The second-order valence-electron chi connectivity index (χ2n) is 6.28. The van der Waals surface area contributed by atoms with Crippen molar-refractivity contribution in [3.63, 3.8) is 0 Å². The van der Waals surface area contributed by atoms with Gasteiger partial charge in [0, 0.05) is 44.3 Å². The highest BCUT2D eigenvalue weighted by Crippen LogP contribution is 2.30. The third kappa shape index (κ3) is 2.56. The predicted octanol–water partition coefficient (Wildman–Crippen LogP) is 2.34. The monoisotopic (exact) mass is 283 g/mol. The van der Waals surface area contributed by atoms with Gasteiger partial charge in [-0.25, -0.2) is 0 Å². The first-order valence-electron chi connectivity index (χ1n) is 7.89. The van der Waals surface area contributed by atoms with Gasteiger partial charge >= 0.3 is 0 Å². The zero-order valence-electron chi connectivity index (χ0n) is 12.2. The molecule has 2 aromatic rings. The molecule has 1 amide bonds. The number of aromatic amines is 1. The number of hydrogen-bond acceptors (Lipinski definition) is 2. The molecule has 1 aliphatic carbocycles. The van der Waals surface area contributed by atoms with Gasteiger partial charge < -0.3 is 9.88 Å². The smallest absolute Gasteiger partial charge is 0.256 e. The number of para-hydroxylation sites is 1. The number of nitrogens with zero attached hydrogens (tertiary/aromatic N) is 2. The number of rotatable bonds is 3. The number of carbonyl (C=O) groups excluding carboxylic acids is 1. The lowest BCUT2D eigenvalue weighted by Gasteiger charge is -2.34. The standard InChI is InChI=1S/C17H21N3O/c21-17(15-3-1-2-14-6-7-18-16(14)15)20-10-8-19(9-11-20)12-13-4-5-13/h1-3,6-7,13,18H,4-5,8-12H2. The minimum atomic E-state index is 0.161. The van der Waals surface area contributed by atoms with E-state index in [1.54, 1.807) is 0 Å². The lowest BCUT2D eigenvalue weighted by molar-refractivity contribution is 0.0634. The minimum absolute atomic E-state index is 0.161. The summed E-state index contributed by atoms with van der Waals surface area (Å²) in [7, 11) is 0. The Hall–Kier alpha value is -1.81. The molecular formula is C17H21N3O. The van der Waals surface area contributed by atoms with Gasteiger partial charge in [-0.05, 0) is 30.9 Å². The van der Waals surface area contributed by atoms with E-state index in [0.717, 1.165) is 48.6 Å². The maximum absolute atomic E-state index is 12.7. The number of amides is 1. The molecule has 4 rings (SSSR count). The summed E-state index contributed by atoms with van der Waals surface area (Å²) in [5.41, 5.74) is 1.76. The van der Waals surface area contributed by atoms with Crippen LogP contribution in [0.25, 0.3) is 10.9 Å². The van der Waals surface area contributed by atoms with Crippen LogP contribution in [0.15, 0.2) is 30.5 Å². The van der Waals surface area contributed by atoms with Crippen LogP contribution in [0, 0.1) is 5.92 Å². The number of fused-ring (bicyclic) bond motifs is 1. The van der Waals surface area contributed by atoms with E-state index >= 15 is 0 Å². The van der Waals surface area contributed by atoms with Gasteiger partial charge in [0.1, 0.15) is 0 Å². The minimum Gasteiger partial charge on any atom is -0.361 e. The molecule has 0 unspecified atom stereocenters. The SMILES string of the molecule is O=C(c1cccc2cc[nH]c12)N1CCN(CC2CC2)CC1. The zero-order valence-corrected chi connectivity index (χ0v) is 12.2. The van der Waals surface area contributed by atoms with Crippen LogP contribution < -0.4 is 0 Å². The molecular weight excluding hydrogens is 262 g/mol. The zero-order chi connectivity index (χ0) is 14.2. The van der Waals surface area contributed by atoms with Crippen LogP contribution in [0.3, 0.4) is 0 Å². The first-order valence-corrected chi connectivity index (χ1v) is 7.89. The summed E-state index contributed by atoms with van der Waals surface area (Å²) < 4.78 is 0. The van der Waals surface area contributed by atoms with E-state index < -0.39 is 0 Å². The van der Waals surface area contributed by atoms with Crippen molar-refractivity contribution >= 4 is 16.8 Å². The second kappa shape index (κ2) is 5.19. The molecule has 21 heavy (non-hydrogen) atoms. The van der Waals surface area contributed by atoms with E-state index in [1.165, 1.54) is 19.4 Å². The average Bonchev–Trinajstić information content (AvgIpc) is 3.20. The second-order valence-corrected chi connectivity index (χ2v) is 6.28. The molecule has 1 saturated carbocycles. The average molecular weight is 283 g/mol. The third-order valence-corrected chi connectivity index (χ3v) is 4.69. The van der Waals surface area contributed by atoms with Crippen molar-refractivity contribution in [1.29, 1.82) is 0 Å². The van der Waals surface area contributed by atoms with E-state index in [0.29, 0.717) is 0 Å². The first-order chi connectivity index (χ1) is 10.3. The van der Waals surface area contributed by atoms with E-state index in [4.69, 9.17) is 0 Å². The lowest BCUT2D eigenvalue weighted by atomic mass is 10.1. The fourth-order valence-electron chi connectivity index (χ4n) is 3.23. The lowest BCUT2D eigenvalue weighted by Crippen LogP contribution is -2.49. The molecule has 2 aliphatic rings. The highest BCUT2D eigenvalue weighted by Gasteiger charge is 2.28. The van der Waals surface area contributed by atoms with Crippen LogP contribution in [0.4, 0.5) is 0 Å². The summed E-state index contributed by atoms with van der Waals surface area (Å²) in [5, 5.41) is 1.10. The summed E-state index contributed by atoms with van der Waals surface area (Å²) in [6.07, 6.45) is 4.69. The quantitative estimate of drug-likeness (QED) is 0.939. The normalized spacial score (nSPS) is 20.1. The summed E-state index contributed by atoms with van der Waals surface area (Å²) >= 11 is 0. The number of benzene rings is 1. The Labute approximate surface area is 124 Å². The van der Waals surface area contributed by atoms with Gasteiger partial charge in [-0.1, -0.05) is 12.1 Å².